The maximum atomic E-state index is 5.16. The van der Waals surface area contributed by atoms with E-state index in [0.29, 0.717) is 0 Å². The molecule has 0 unspecified atom stereocenters. The summed E-state index contributed by atoms with van der Waals surface area (Å²) in [6.07, 6.45) is 1.88. The van der Waals surface area contributed by atoms with Gasteiger partial charge in [-0.05, 0) is 73.2 Å². The summed E-state index contributed by atoms with van der Waals surface area (Å²) in [7, 11) is 0. The Kier molecular flexibility index (Phi) is 5.12. The summed E-state index contributed by atoms with van der Waals surface area (Å²) in [5, 5.41) is 0. The normalized spacial score (nSPS) is 11.9. The Morgan fingerprint density at radius 1 is 0.500 bits per heavy atom. The van der Waals surface area contributed by atoms with Crippen molar-refractivity contribution in [2.75, 3.05) is 0 Å². The van der Waals surface area contributed by atoms with Crippen LogP contribution in [0.15, 0.2) is 72.8 Å². The van der Waals surface area contributed by atoms with Crippen LogP contribution in [0.1, 0.15) is 36.1 Å². The fraction of sp³-hybridized carbons (Fsp3) is 0.176. The highest BCUT2D eigenvalue weighted by Gasteiger charge is 2.19. The molecule has 2 aliphatic rings. The Balaban J connectivity index is 1.68. The zero-order chi connectivity index (χ0) is 26.0. The van der Waals surface area contributed by atoms with E-state index in [1.165, 1.54) is 44.5 Å². The second-order valence-corrected chi connectivity index (χ2v) is 10.3. The van der Waals surface area contributed by atoms with Gasteiger partial charge in [0, 0.05) is 44.3 Å². The summed E-state index contributed by atoms with van der Waals surface area (Å²) < 4.78 is 0. The summed E-state index contributed by atoms with van der Waals surface area (Å²) in [4.78, 5) is 17.8. The third kappa shape index (κ3) is 3.37. The van der Waals surface area contributed by atoms with Crippen molar-refractivity contribution in [3.8, 4) is 45.0 Å². The van der Waals surface area contributed by atoms with Crippen LogP contribution in [0.3, 0.4) is 0 Å². The average molecular weight is 495 g/mol. The van der Waals surface area contributed by atoms with Crippen LogP contribution in [0.4, 0.5) is 0 Å². The van der Waals surface area contributed by atoms with E-state index in [4.69, 9.17) is 9.97 Å². The fourth-order valence-electron chi connectivity index (χ4n) is 6.15. The van der Waals surface area contributed by atoms with Gasteiger partial charge < -0.3 is 9.97 Å². The summed E-state index contributed by atoms with van der Waals surface area (Å²) >= 11 is 0. The summed E-state index contributed by atoms with van der Waals surface area (Å²) in [5.41, 5.74) is 18.2. The minimum absolute atomic E-state index is 0.942. The Morgan fingerprint density at radius 3 is 1.13 bits per heavy atom. The third-order valence-corrected chi connectivity index (χ3v) is 8.17. The van der Waals surface area contributed by atoms with Gasteiger partial charge >= 0.3 is 0 Å². The van der Waals surface area contributed by atoms with E-state index in [1.807, 2.05) is 0 Å². The van der Waals surface area contributed by atoms with Crippen molar-refractivity contribution in [3.63, 3.8) is 0 Å². The molecule has 0 amide bonds. The van der Waals surface area contributed by atoms with E-state index in [1.54, 1.807) is 0 Å². The Labute approximate surface area is 222 Å². The first-order chi connectivity index (χ1) is 18.6. The van der Waals surface area contributed by atoms with Gasteiger partial charge in [0.25, 0.3) is 0 Å². The lowest BCUT2D eigenvalue weighted by Gasteiger charge is -1.99. The molecule has 4 heteroatoms. The number of H-pyrrole nitrogens is 2. The minimum Gasteiger partial charge on any atom is -0.355 e. The molecule has 38 heavy (non-hydrogen) atoms. The van der Waals surface area contributed by atoms with Crippen molar-refractivity contribution < 1.29 is 0 Å². The number of benzene rings is 2. The molecular formula is C34H30N4. The molecule has 0 saturated carbocycles. The van der Waals surface area contributed by atoms with Crippen molar-refractivity contribution in [3.05, 3.63) is 95.1 Å². The molecule has 4 nitrogen and oxygen atoms in total. The minimum atomic E-state index is 0.942. The Morgan fingerprint density at radius 2 is 0.816 bits per heavy atom. The number of nitrogens with zero attached hydrogens (tertiary/aromatic N) is 2. The van der Waals surface area contributed by atoms with E-state index in [-0.39, 0.29) is 0 Å². The Bertz CT molecular complexity index is 1780. The first-order valence-electron chi connectivity index (χ1n) is 13.5. The molecule has 7 rings (SSSR count). The van der Waals surface area contributed by atoms with Gasteiger partial charge in [0.1, 0.15) is 0 Å². The fourth-order valence-corrected chi connectivity index (χ4v) is 6.15. The number of aryl methyl sites for hydroxylation is 4. The summed E-state index contributed by atoms with van der Waals surface area (Å²) in [5.74, 6) is 0. The van der Waals surface area contributed by atoms with Crippen LogP contribution in [0.2, 0.25) is 0 Å². The van der Waals surface area contributed by atoms with Crippen LogP contribution < -0.4 is 0 Å². The van der Waals surface area contributed by atoms with E-state index < -0.39 is 0 Å². The maximum Gasteiger partial charge on any atom is 0.0737 e. The molecule has 0 aliphatic carbocycles. The van der Waals surface area contributed by atoms with Crippen LogP contribution in [-0.4, -0.2) is 19.9 Å². The van der Waals surface area contributed by atoms with Crippen LogP contribution in [0, 0.1) is 13.8 Å². The van der Waals surface area contributed by atoms with E-state index in [9.17, 15) is 0 Å². The van der Waals surface area contributed by atoms with Gasteiger partial charge in [0.15, 0.2) is 0 Å². The molecule has 5 aromatic rings. The molecule has 0 spiro atoms. The zero-order valence-corrected chi connectivity index (χ0v) is 22.2. The monoisotopic (exact) mass is 494 g/mol. The first kappa shape index (κ1) is 22.7. The quantitative estimate of drug-likeness (QED) is 0.252. The van der Waals surface area contributed by atoms with Crippen LogP contribution in [-0.2, 0) is 12.8 Å². The molecule has 8 bridgehead atoms. The van der Waals surface area contributed by atoms with E-state index in [2.05, 4.69) is 110 Å². The van der Waals surface area contributed by atoms with Crippen molar-refractivity contribution in [1.29, 1.82) is 0 Å². The van der Waals surface area contributed by atoms with Gasteiger partial charge in [0.05, 0.1) is 22.8 Å². The lowest BCUT2D eigenvalue weighted by molar-refractivity contribution is 1.14. The van der Waals surface area contributed by atoms with Crippen molar-refractivity contribution in [1.82, 2.24) is 19.9 Å². The molecule has 0 saturated heterocycles. The Hall–Kier alpha value is -4.44. The number of aromatic amines is 2. The largest absolute Gasteiger partial charge is 0.355 e. The highest BCUT2D eigenvalue weighted by molar-refractivity contribution is 5.91. The number of hydrogen-bond donors (Lipinski definition) is 2. The van der Waals surface area contributed by atoms with Gasteiger partial charge in [-0.2, -0.15) is 0 Å². The molecular weight excluding hydrogens is 464 g/mol. The molecule has 3 aromatic heterocycles. The van der Waals surface area contributed by atoms with Crippen molar-refractivity contribution in [2.45, 2.75) is 40.5 Å². The number of aromatic nitrogens is 4. The molecule has 2 aliphatic heterocycles. The summed E-state index contributed by atoms with van der Waals surface area (Å²) in [6, 6.07) is 25.9. The highest BCUT2D eigenvalue weighted by atomic mass is 14.8. The molecule has 2 aromatic carbocycles. The van der Waals surface area contributed by atoms with Gasteiger partial charge in [-0.25, -0.2) is 9.97 Å². The molecule has 5 heterocycles. The van der Waals surface area contributed by atoms with Gasteiger partial charge in [-0.3, -0.25) is 0 Å². The lowest BCUT2D eigenvalue weighted by Crippen LogP contribution is -1.81. The highest BCUT2D eigenvalue weighted by Crippen LogP contribution is 2.39. The zero-order valence-electron chi connectivity index (χ0n) is 22.2. The predicted octanol–water partition coefficient (Wildman–Crippen LogP) is 8.72. The average Bonchev–Trinajstić information content (AvgIpc) is 3.63. The molecule has 2 N–H and O–H groups in total. The number of fused-ring (bicyclic) bond motifs is 14. The molecule has 0 radical (unpaired) electrons. The topological polar surface area (TPSA) is 57.4 Å². The summed E-state index contributed by atoms with van der Waals surface area (Å²) in [6.45, 7) is 8.85. The van der Waals surface area contributed by atoms with Crippen LogP contribution >= 0.6 is 0 Å². The smallest absolute Gasteiger partial charge is 0.0737 e. The van der Waals surface area contributed by atoms with Crippen molar-refractivity contribution >= 4 is 22.1 Å². The SMILES string of the molecule is CCc1c(C)c2cc3nc(cc4[nH]c(cc5nc(cc1[nH]2)-c1ccccc1-5)c(C)c4CC)-c1ccccc1-3. The molecule has 186 valence electrons. The number of nitrogens with one attached hydrogen (secondary N) is 2. The lowest BCUT2D eigenvalue weighted by atomic mass is 10.0. The third-order valence-electron chi connectivity index (χ3n) is 8.17. The maximum absolute atomic E-state index is 5.16. The van der Waals surface area contributed by atoms with Gasteiger partial charge in [-0.1, -0.05) is 62.4 Å². The van der Waals surface area contributed by atoms with E-state index in [0.717, 1.165) is 57.7 Å². The second kappa shape index (κ2) is 8.56. The number of hydrogen-bond acceptors (Lipinski definition) is 2. The molecule has 0 fully saturated rings. The molecule has 0 atom stereocenters. The second-order valence-electron chi connectivity index (χ2n) is 10.3. The predicted molar refractivity (Wildman–Crippen MR) is 158 cm³/mol. The van der Waals surface area contributed by atoms with Gasteiger partial charge in [-0.15, -0.1) is 0 Å². The van der Waals surface area contributed by atoms with Crippen molar-refractivity contribution in [2.24, 2.45) is 0 Å². The first-order valence-corrected chi connectivity index (χ1v) is 13.5. The number of rotatable bonds is 2. The van der Waals surface area contributed by atoms with Crippen LogP contribution in [0.25, 0.3) is 67.1 Å². The van der Waals surface area contributed by atoms with Gasteiger partial charge in [0.2, 0.25) is 0 Å². The van der Waals surface area contributed by atoms with Crippen LogP contribution in [0.5, 0.6) is 0 Å². The standard InChI is InChI=1S/C34H30N4/c1-5-21-19(3)27-15-31-24-12-8-10-14-26(24)34(38-31)18-30-22(6-2)20(4)28(36-30)16-32-23-11-7-9-13-25(23)33(37-32)17-29(21)35-27/h7-18,35-36H,5-6H2,1-4H3. The van der Waals surface area contributed by atoms with E-state index >= 15 is 0 Å².